The van der Waals surface area contributed by atoms with Crippen molar-refractivity contribution < 1.29 is 19.2 Å². The van der Waals surface area contributed by atoms with Crippen LogP contribution in [0.4, 0.5) is 11.4 Å². The monoisotopic (exact) mass is 355 g/mol. The van der Waals surface area contributed by atoms with E-state index in [4.69, 9.17) is 4.74 Å². The summed E-state index contributed by atoms with van der Waals surface area (Å²) < 4.78 is 5.23. The fourth-order valence-corrected chi connectivity index (χ4v) is 2.79. The molecule has 1 atom stereocenters. The van der Waals surface area contributed by atoms with Crippen molar-refractivity contribution >= 4 is 23.3 Å². The fraction of sp³-hybridized carbons (Fsp3) is 0.222. The van der Waals surface area contributed by atoms with Gasteiger partial charge in [0.1, 0.15) is 11.8 Å². The number of para-hydroxylation sites is 2. The Morgan fingerprint density at radius 2 is 1.85 bits per heavy atom. The Bertz CT molecular complexity index is 852. The predicted molar refractivity (Wildman–Crippen MR) is 93.8 cm³/mol. The molecular formula is C18H17N3O5. The van der Waals surface area contributed by atoms with E-state index in [0.717, 1.165) is 0 Å². The molecule has 1 aliphatic rings. The number of nitro groups is 1. The van der Waals surface area contributed by atoms with Crippen LogP contribution >= 0.6 is 0 Å². The summed E-state index contributed by atoms with van der Waals surface area (Å²) in [5, 5.41) is 16.6. The molecule has 8 heteroatoms. The van der Waals surface area contributed by atoms with Crippen molar-refractivity contribution in [3.05, 3.63) is 69.8 Å². The lowest BCUT2D eigenvalue weighted by molar-refractivity contribution is -0.384. The van der Waals surface area contributed by atoms with Crippen LogP contribution < -0.4 is 10.6 Å². The number of cyclic esters (lactones) is 1. The molecule has 3 rings (SSSR count). The molecule has 2 aromatic rings. The second-order valence-electron chi connectivity index (χ2n) is 5.74. The molecule has 1 heterocycles. The first kappa shape index (κ1) is 17.4. The largest absolute Gasteiger partial charge is 0.453 e. The molecule has 0 saturated heterocycles. The van der Waals surface area contributed by atoms with Crippen molar-refractivity contribution in [2.75, 3.05) is 18.4 Å². The molecule has 2 N–H and O–H groups in total. The van der Waals surface area contributed by atoms with Crippen molar-refractivity contribution in [1.29, 1.82) is 0 Å². The van der Waals surface area contributed by atoms with Gasteiger partial charge in [-0.1, -0.05) is 30.3 Å². The van der Waals surface area contributed by atoms with Gasteiger partial charge in [-0.05, 0) is 12.1 Å². The number of rotatable bonds is 7. The fourth-order valence-electron chi connectivity index (χ4n) is 2.79. The van der Waals surface area contributed by atoms with Crippen molar-refractivity contribution in [1.82, 2.24) is 5.32 Å². The lowest BCUT2D eigenvalue weighted by atomic mass is 10.0. The van der Waals surface area contributed by atoms with Gasteiger partial charge < -0.3 is 15.4 Å². The Hall–Kier alpha value is -3.42. The molecular weight excluding hydrogens is 338 g/mol. The minimum absolute atomic E-state index is 0.0201. The lowest BCUT2D eigenvalue weighted by Gasteiger charge is -2.12. The molecule has 0 radical (unpaired) electrons. The highest BCUT2D eigenvalue weighted by molar-refractivity contribution is 5.94. The molecule has 26 heavy (non-hydrogen) atoms. The second kappa shape index (κ2) is 7.64. The predicted octanol–water partition coefficient (Wildman–Crippen LogP) is 2.42. The maximum Gasteiger partial charge on any atom is 0.339 e. The SMILES string of the molecule is O=C(C[C@H]1OC(=O)c2ccccc21)NCCNc1ccccc1[N+](=O)[O-]. The normalized spacial score (nSPS) is 15.1. The van der Waals surface area contributed by atoms with E-state index in [0.29, 0.717) is 23.4 Å². The zero-order chi connectivity index (χ0) is 18.5. The summed E-state index contributed by atoms with van der Waals surface area (Å²) in [6, 6.07) is 13.3. The Kier molecular flexibility index (Phi) is 5.12. The minimum atomic E-state index is -0.582. The van der Waals surface area contributed by atoms with E-state index >= 15 is 0 Å². The minimum Gasteiger partial charge on any atom is -0.453 e. The van der Waals surface area contributed by atoms with Crippen molar-refractivity contribution in [2.45, 2.75) is 12.5 Å². The van der Waals surface area contributed by atoms with Gasteiger partial charge in [0.25, 0.3) is 5.69 Å². The molecule has 2 aromatic carbocycles. The summed E-state index contributed by atoms with van der Waals surface area (Å²) in [7, 11) is 0. The van der Waals surface area contributed by atoms with Crippen LogP contribution in [0.25, 0.3) is 0 Å². The van der Waals surface area contributed by atoms with E-state index in [-0.39, 0.29) is 24.6 Å². The van der Waals surface area contributed by atoms with Gasteiger partial charge >= 0.3 is 5.97 Å². The number of nitro benzene ring substituents is 1. The van der Waals surface area contributed by atoms with Gasteiger partial charge in [0, 0.05) is 24.7 Å². The quantitative estimate of drug-likeness (QED) is 0.341. The van der Waals surface area contributed by atoms with Crippen molar-refractivity contribution in [3.8, 4) is 0 Å². The molecule has 1 amide bonds. The summed E-state index contributed by atoms with van der Waals surface area (Å²) in [4.78, 5) is 34.3. The molecule has 0 spiro atoms. The first-order valence-corrected chi connectivity index (χ1v) is 8.10. The van der Waals surface area contributed by atoms with Crippen LogP contribution in [0.1, 0.15) is 28.4 Å². The summed E-state index contributed by atoms with van der Waals surface area (Å²) >= 11 is 0. The van der Waals surface area contributed by atoms with Crippen LogP contribution in [0.3, 0.4) is 0 Å². The summed E-state index contributed by atoms with van der Waals surface area (Å²) in [6.07, 6.45) is -0.546. The number of amides is 1. The number of benzene rings is 2. The Morgan fingerprint density at radius 1 is 1.12 bits per heavy atom. The Labute approximate surface area is 149 Å². The van der Waals surface area contributed by atoms with Crippen LogP contribution in [0.15, 0.2) is 48.5 Å². The number of hydrogen-bond donors (Lipinski definition) is 2. The summed E-state index contributed by atoms with van der Waals surface area (Å²) in [5.74, 6) is -0.680. The number of nitrogens with zero attached hydrogens (tertiary/aromatic N) is 1. The van der Waals surface area contributed by atoms with E-state index < -0.39 is 17.0 Å². The van der Waals surface area contributed by atoms with E-state index in [2.05, 4.69) is 10.6 Å². The highest BCUT2D eigenvalue weighted by Crippen LogP contribution is 2.32. The average Bonchev–Trinajstić information content (AvgIpc) is 2.95. The van der Waals surface area contributed by atoms with E-state index in [1.807, 2.05) is 0 Å². The molecule has 0 aliphatic carbocycles. The average molecular weight is 355 g/mol. The lowest BCUT2D eigenvalue weighted by Crippen LogP contribution is -2.30. The number of carbonyl (C=O) groups is 2. The molecule has 0 bridgehead atoms. The second-order valence-corrected chi connectivity index (χ2v) is 5.74. The third-order valence-electron chi connectivity index (χ3n) is 4.01. The summed E-state index contributed by atoms with van der Waals surface area (Å²) in [5.41, 5.74) is 1.58. The topological polar surface area (TPSA) is 111 Å². The smallest absolute Gasteiger partial charge is 0.339 e. The van der Waals surface area contributed by atoms with E-state index in [1.165, 1.54) is 6.07 Å². The highest BCUT2D eigenvalue weighted by atomic mass is 16.6. The van der Waals surface area contributed by atoms with Gasteiger partial charge in [0.2, 0.25) is 5.91 Å². The van der Waals surface area contributed by atoms with Crippen molar-refractivity contribution in [2.24, 2.45) is 0 Å². The van der Waals surface area contributed by atoms with Crippen molar-refractivity contribution in [3.63, 3.8) is 0 Å². The number of fused-ring (bicyclic) bond motifs is 1. The van der Waals surface area contributed by atoms with Crippen LogP contribution in [-0.4, -0.2) is 29.9 Å². The Morgan fingerprint density at radius 3 is 2.65 bits per heavy atom. The van der Waals surface area contributed by atoms with E-state index in [9.17, 15) is 19.7 Å². The number of hydrogen-bond acceptors (Lipinski definition) is 6. The number of nitrogens with one attached hydrogen (secondary N) is 2. The van der Waals surface area contributed by atoms with Crippen LogP contribution in [0.2, 0.25) is 0 Å². The third-order valence-corrected chi connectivity index (χ3v) is 4.01. The molecule has 1 aliphatic heterocycles. The van der Waals surface area contributed by atoms with Gasteiger partial charge in [0.15, 0.2) is 0 Å². The number of carbonyl (C=O) groups excluding carboxylic acids is 2. The number of esters is 1. The Balaban J connectivity index is 1.47. The highest BCUT2D eigenvalue weighted by Gasteiger charge is 2.31. The number of anilines is 1. The van der Waals surface area contributed by atoms with Gasteiger partial charge in [-0.15, -0.1) is 0 Å². The standard InChI is InChI=1S/C18H17N3O5/c22-17(11-16-12-5-1-2-6-13(12)18(23)26-16)20-10-9-19-14-7-3-4-8-15(14)21(24)25/h1-8,16,19H,9-11H2,(H,20,22)/t16-/m1/s1. The van der Waals surface area contributed by atoms with Crippen LogP contribution in [0.5, 0.6) is 0 Å². The van der Waals surface area contributed by atoms with E-state index in [1.54, 1.807) is 42.5 Å². The molecule has 0 saturated carbocycles. The van der Waals surface area contributed by atoms with Crippen LogP contribution in [-0.2, 0) is 9.53 Å². The molecule has 8 nitrogen and oxygen atoms in total. The van der Waals surface area contributed by atoms with Gasteiger partial charge in [0.05, 0.1) is 16.9 Å². The zero-order valence-electron chi connectivity index (χ0n) is 13.8. The summed E-state index contributed by atoms with van der Waals surface area (Å²) in [6.45, 7) is 0.616. The molecule has 0 unspecified atom stereocenters. The first-order chi connectivity index (χ1) is 12.6. The number of ether oxygens (including phenoxy) is 1. The molecule has 0 fully saturated rings. The zero-order valence-corrected chi connectivity index (χ0v) is 13.8. The van der Waals surface area contributed by atoms with Crippen LogP contribution in [0, 0.1) is 10.1 Å². The van der Waals surface area contributed by atoms with Gasteiger partial charge in [-0.25, -0.2) is 4.79 Å². The van der Waals surface area contributed by atoms with Gasteiger partial charge in [-0.3, -0.25) is 14.9 Å². The maximum absolute atomic E-state index is 12.1. The van der Waals surface area contributed by atoms with Gasteiger partial charge in [-0.2, -0.15) is 0 Å². The first-order valence-electron chi connectivity index (χ1n) is 8.10. The third kappa shape index (κ3) is 3.80. The maximum atomic E-state index is 12.1. The molecule has 0 aromatic heterocycles. The molecule has 134 valence electrons.